The van der Waals surface area contributed by atoms with Crippen LogP contribution in [0, 0.1) is 6.92 Å². The largest absolute Gasteiger partial charge is 0.418 e. The summed E-state index contributed by atoms with van der Waals surface area (Å²) in [4.78, 5) is 18.5. The number of rotatable bonds is 6. The normalized spacial score (nSPS) is 15.2. The van der Waals surface area contributed by atoms with E-state index in [1.165, 1.54) is 12.1 Å². The van der Waals surface area contributed by atoms with Crippen LogP contribution < -0.4 is 4.90 Å². The first-order chi connectivity index (χ1) is 14.3. The van der Waals surface area contributed by atoms with Gasteiger partial charge in [-0.15, -0.1) is 0 Å². The van der Waals surface area contributed by atoms with Crippen molar-refractivity contribution in [2.75, 3.05) is 44.2 Å². The van der Waals surface area contributed by atoms with E-state index in [0.29, 0.717) is 44.2 Å². The van der Waals surface area contributed by atoms with Crippen LogP contribution in [0.2, 0.25) is 0 Å². The van der Waals surface area contributed by atoms with Gasteiger partial charge in [0.25, 0.3) is 5.91 Å². The highest BCUT2D eigenvalue weighted by atomic mass is 19.4. The van der Waals surface area contributed by atoms with Crippen LogP contribution in [-0.2, 0) is 12.7 Å². The monoisotopic (exact) mass is 424 g/mol. The second-order valence-electron chi connectivity index (χ2n) is 7.32. The van der Waals surface area contributed by atoms with Gasteiger partial charge in [0, 0.05) is 44.0 Å². The fourth-order valence-corrected chi connectivity index (χ4v) is 3.71. The lowest BCUT2D eigenvalue weighted by atomic mass is 10.1. The Morgan fingerprint density at radius 2 is 1.77 bits per heavy atom. The summed E-state index contributed by atoms with van der Waals surface area (Å²) >= 11 is 0. The average Bonchev–Trinajstić information content (AvgIpc) is 3.11. The van der Waals surface area contributed by atoms with Crippen LogP contribution in [0.3, 0.4) is 0 Å². The molecule has 2 heterocycles. The first kappa shape index (κ1) is 22.1. The second kappa shape index (κ2) is 9.07. The zero-order valence-corrected chi connectivity index (χ0v) is 17.5. The van der Waals surface area contributed by atoms with Crippen LogP contribution >= 0.6 is 0 Å². The summed E-state index contributed by atoms with van der Waals surface area (Å²) in [5.41, 5.74) is 0.562. The quantitative estimate of drug-likeness (QED) is 0.706. The summed E-state index contributed by atoms with van der Waals surface area (Å²) in [6.45, 7) is 9.41. The number of piperazine rings is 1. The Morgan fingerprint density at radius 3 is 2.37 bits per heavy atom. The van der Waals surface area contributed by atoms with Gasteiger partial charge in [0.2, 0.25) is 0 Å². The van der Waals surface area contributed by atoms with Gasteiger partial charge in [-0.1, -0.05) is 31.1 Å². The molecule has 3 rings (SSSR count). The molecular weight excluding hydrogens is 397 g/mol. The van der Waals surface area contributed by atoms with E-state index in [1.807, 2.05) is 13.8 Å². The molecule has 1 amide bonds. The molecule has 30 heavy (non-hydrogen) atoms. The minimum Gasteiger partial charge on any atom is -0.367 e. The van der Waals surface area contributed by atoms with E-state index in [9.17, 15) is 18.0 Å². The minimum absolute atomic E-state index is 0.150. The van der Waals surface area contributed by atoms with Crippen molar-refractivity contribution >= 4 is 11.6 Å². The van der Waals surface area contributed by atoms with Gasteiger partial charge >= 0.3 is 6.18 Å². The molecule has 0 unspecified atom stereocenters. The summed E-state index contributed by atoms with van der Waals surface area (Å²) < 4.78 is 45.3. The Bertz CT molecular complexity index is 869. The lowest BCUT2D eigenvalue weighted by molar-refractivity contribution is -0.137. The summed E-state index contributed by atoms with van der Waals surface area (Å²) in [5, 5.41) is 3.98. The third kappa shape index (κ3) is 4.61. The Labute approximate surface area is 174 Å². The fraction of sp³-hybridized carbons (Fsp3) is 0.524. The minimum atomic E-state index is -4.42. The molecule has 9 heteroatoms. The van der Waals surface area contributed by atoms with Gasteiger partial charge in [0.1, 0.15) is 5.76 Å². The van der Waals surface area contributed by atoms with Crippen LogP contribution in [-0.4, -0.2) is 60.1 Å². The van der Waals surface area contributed by atoms with E-state index >= 15 is 0 Å². The van der Waals surface area contributed by atoms with Gasteiger partial charge in [-0.05, 0) is 32.1 Å². The van der Waals surface area contributed by atoms with Crippen molar-refractivity contribution in [2.45, 2.75) is 33.5 Å². The number of hydrogen-bond acceptors (Lipinski definition) is 5. The van der Waals surface area contributed by atoms with Crippen LogP contribution in [0.25, 0.3) is 0 Å². The summed E-state index contributed by atoms with van der Waals surface area (Å²) in [6, 6.07) is 5.55. The molecule has 1 fully saturated rings. The third-order valence-corrected chi connectivity index (χ3v) is 5.58. The standard InChI is InChI=1S/C21H27F3N4O2/c1-4-26(5-2)14-16-15(3)30-25-19(16)20(29)28-12-10-27(11-13-28)18-9-7-6-8-17(18)21(22,23)24/h6-9H,4-5,10-14H2,1-3H3. The molecule has 0 spiro atoms. The molecule has 6 nitrogen and oxygen atoms in total. The van der Waals surface area contributed by atoms with E-state index in [2.05, 4.69) is 10.1 Å². The second-order valence-corrected chi connectivity index (χ2v) is 7.32. The molecule has 0 radical (unpaired) electrons. The Kier molecular flexibility index (Phi) is 6.70. The van der Waals surface area contributed by atoms with Gasteiger partial charge in [-0.25, -0.2) is 0 Å². The number of halogens is 3. The van der Waals surface area contributed by atoms with E-state index in [4.69, 9.17) is 4.52 Å². The van der Waals surface area contributed by atoms with Crippen molar-refractivity contribution in [2.24, 2.45) is 0 Å². The fourth-order valence-electron chi connectivity index (χ4n) is 3.71. The number of benzene rings is 1. The van der Waals surface area contributed by atoms with Crippen LogP contribution in [0.5, 0.6) is 0 Å². The van der Waals surface area contributed by atoms with Gasteiger partial charge in [0.15, 0.2) is 5.69 Å². The first-order valence-electron chi connectivity index (χ1n) is 10.1. The number of amides is 1. The number of carbonyl (C=O) groups is 1. The highest BCUT2D eigenvalue weighted by Crippen LogP contribution is 2.36. The number of anilines is 1. The van der Waals surface area contributed by atoms with Crippen molar-refractivity contribution in [3.8, 4) is 0 Å². The predicted molar refractivity (Wildman–Crippen MR) is 107 cm³/mol. The predicted octanol–water partition coefficient (Wildman–Crippen LogP) is 3.81. The zero-order valence-electron chi connectivity index (χ0n) is 17.5. The number of aromatic nitrogens is 1. The van der Waals surface area contributed by atoms with E-state index in [-0.39, 0.29) is 11.6 Å². The number of carbonyl (C=O) groups excluding carboxylic acids is 1. The number of hydrogen-bond donors (Lipinski definition) is 0. The Balaban J connectivity index is 1.72. The zero-order chi connectivity index (χ0) is 21.9. The SMILES string of the molecule is CCN(CC)Cc1c(C(=O)N2CCN(c3ccccc3C(F)(F)F)CC2)noc1C. The molecule has 1 aromatic heterocycles. The Hall–Kier alpha value is -2.55. The average molecular weight is 424 g/mol. The Morgan fingerprint density at radius 1 is 1.13 bits per heavy atom. The maximum absolute atomic E-state index is 13.3. The van der Waals surface area contributed by atoms with Crippen LogP contribution in [0.1, 0.15) is 41.2 Å². The topological polar surface area (TPSA) is 52.8 Å². The molecule has 0 saturated carbocycles. The van der Waals surface area contributed by atoms with E-state index in [1.54, 1.807) is 22.8 Å². The smallest absolute Gasteiger partial charge is 0.367 e. The molecule has 1 aliphatic heterocycles. The molecule has 0 bridgehead atoms. The molecule has 1 aliphatic rings. The number of aryl methyl sites for hydroxylation is 1. The lowest BCUT2D eigenvalue weighted by Gasteiger charge is -2.37. The number of alkyl halides is 3. The first-order valence-corrected chi connectivity index (χ1v) is 10.1. The number of para-hydroxylation sites is 1. The van der Waals surface area contributed by atoms with Gasteiger partial charge in [-0.2, -0.15) is 13.2 Å². The molecule has 1 aromatic carbocycles. The van der Waals surface area contributed by atoms with Crippen molar-refractivity contribution in [1.82, 2.24) is 15.0 Å². The van der Waals surface area contributed by atoms with Crippen LogP contribution in [0.15, 0.2) is 28.8 Å². The van der Waals surface area contributed by atoms with E-state index < -0.39 is 11.7 Å². The van der Waals surface area contributed by atoms with Gasteiger partial charge in [-0.3, -0.25) is 9.69 Å². The van der Waals surface area contributed by atoms with Crippen molar-refractivity contribution in [1.29, 1.82) is 0 Å². The maximum Gasteiger partial charge on any atom is 0.418 e. The van der Waals surface area contributed by atoms with Gasteiger partial charge in [0.05, 0.1) is 5.56 Å². The molecule has 164 valence electrons. The molecule has 0 N–H and O–H groups in total. The van der Waals surface area contributed by atoms with E-state index in [0.717, 1.165) is 24.7 Å². The summed E-state index contributed by atoms with van der Waals surface area (Å²) in [7, 11) is 0. The molecule has 0 aliphatic carbocycles. The lowest BCUT2D eigenvalue weighted by Crippen LogP contribution is -2.49. The summed E-state index contributed by atoms with van der Waals surface area (Å²) in [5.74, 6) is 0.376. The third-order valence-electron chi connectivity index (χ3n) is 5.58. The van der Waals surface area contributed by atoms with Crippen molar-refractivity contribution in [3.63, 3.8) is 0 Å². The number of nitrogens with zero attached hydrogens (tertiary/aromatic N) is 4. The van der Waals surface area contributed by atoms with Gasteiger partial charge < -0.3 is 14.3 Å². The summed E-state index contributed by atoms with van der Waals surface area (Å²) in [6.07, 6.45) is -4.42. The van der Waals surface area contributed by atoms with Crippen LogP contribution in [0.4, 0.5) is 18.9 Å². The molecule has 1 saturated heterocycles. The molecular formula is C21H27F3N4O2. The highest BCUT2D eigenvalue weighted by Gasteiger charge is 2.36. The van der Waals surface area contributed by atoms with Crippen molar-refractivity contribution < 1.29 is 22.5 Å². The highest BCUT2D eigenvalue weighted by molar-refractivity contribution is 5.94. The molecule has 2 aromatic rings. The molecule has 0 atom stereocenters. The maximum atomic E-state index is 13.3. The van der Waals surface area contributed by atoms with Crippen molar-refractivity contribution in [3.05, 3.63) is 46.8 Å².